The van der Waals surface area contributed by atoms with Crippen molar-refractivity contribution in [2.45, 2.75) is 70.1 Å². The van der Waals surface area contributed by atoms with Crippen molar-refractivity contribution in [2.75, 3.05) is 4.90 Å². The van der Waals surface area contributed by atoms with Crippen molar-refractivity contribution in [3.8, 4) is 6.07 Å². The average Bonchev–Trinajstić information content (AvgIpc) is 3.09. The van der Waals surface area contributed by atoms with Crippen LogP contribution in [0, 0.1) is 11.3 Å². The summed E-state index contributed by atoms with van der Waals surface area (Å²) in [5.74, 6) is -0.392. The van der Waals surface area contributed by atoms with Gasteiger partial charge in [0.05, 0.1) is 5.56 Å². The van der Waals surface area contributed by atoms with E-state index in [0.717, 1.165) is 42.5 Å². The molecule has 4 nitrogen and oxygen atoms in total. The van der Waals surface area contributed by atoms with Gasteiger partial charge in [-0.25, -0.2) is 0 Å². The number of nitriles is 1. The number of aryl methyl sites for hydroxylation is 1. The molecular formula is C26H24Cl2N2O2S. The topological polar surface area (TPSA) is 61.2 Å². The van der Waals surface area contributed by atoms with E-state index in [-0.39, 0.29) is 24.0 Å². The number of amides is 1. The van der Waals surface area contributed by atoms with Crippen LogP contribution in [0.3, 0.4) is 0 Å². The third-order valence-electron chi connectivity index (χ3n) is 6.98. The highest BCUT2D eigenvalue weighted by Gasteiger charge is 2.42. The van der Waals surface area contributed by atoms with Crippen LogP contribution >= 0.6 is 34.5 Å². The predicted octanol–water partition coefficient (Wildman–Crippen LogP) is 7.11. The van der Waals surface area contributed by atoms with E-state index in [4.69, 9.17) is 23.2 Å². The van der Waals surface area contributed by atoms with Crippen LogP contribution in [-0.2, 0) is 22.4 Å². The maximum absolute atomic E-state index is 13.6. The molecule has 2 heterocycles. The number of hydrogen-bond acceptors (Lipinski definition) is 4. The fraction of sp³-hybridized carbons (Fsp3) is 0.423. The second kappa shape index (κ2) is 9.25. The van der Waals surface area contributed by atoms with E-state index in [1.165, 1.54) is 17.7 Å². The summed E-state index contributed by atoms with van der Waals surface area (Å²) in [7, 11) is 0. The molecule has 5 rings (SSSR count). The van der Waals surface area contributed by atoms with Gasteiger partial charge in [0.1, 0.15) is 11.1 Å². The molecule has 3 aliphatic rings. The number of allylic oxidation sites excluding steroid dienone is 2. The summed E-state index contributed by atoms with van der Waals surface area (Å²) < 4.78 is 0. The van der Waals surface area contributed by atoms with Crippen LogP contribution in [0.5, 0.6) is 0 Å². The Balaban J connectivity index is 1.66. The Kier molecular flexibility index (Phi) is 6.35. The Morgan fingerprint density at radius 3 is 2.55 bits per heavy atom. The first kappa shape index (κ1) is 22.7. The van der Waals surface area contributed by atoms with Gasteiger partial charge in [-0.3, -0.25) is 14.5 Å². The first-order valence-electron chi connectivity index (χ1n) is 11.6. The molecule has 0 fully saturated rings. The van der Waals surface area contributed by atoms with E-state index in [1.807, 2.05) is 6.07 Å². The largest absolute Gasteiger partial charge is 0.294 e. The minimum atomic E-state index is -0.382. The smallest absolute Gasteiger partial charge is 0.232 e. The lowest BCUT2D eigenvalue weighted by Crippen LogP contribution is -2.40. The predicted molar refractivity (Wildman–Crippen MR) is 132 cm³/mol. The highest BCUT2D eigenvalue weighted by atomic mass is 35.5. The van der Waals surface area contributed by atoms with Crippen LogP contribution in [0.4, 0.5) is 5.00 Å². The summed E-state index contributed by atoms with van der Waals surface area (Å²) in [6.07, 6.45) is 8.33. The monoisotopic (exact) mass is 498 g/mol. The van der Waals surface area contributed by atoms with Crippen molar-refractivity contribution in [3.05, 3.63) is 61.1 Å². The fourth-order valence-corrected chi connectivity index (χ4v) is 7.38. The second-order valence-corrected chi connectivity index (χ2v) is 10.9. The number of carbonyl (C=O) groups excluding carboxylic acids is 2. The Bertz CT molecular complexity index is 1220. The van der Waals surface area contributed by atoms with Gasteiger partial charge < -0.3 is 0 Å². The van der Waals surface area contributed by atoms with Crippen LogP contribution < -0.4 is 4.90 Å². The molecule has 0 saturated carbocycles. The molecule has 1 atom stereocenters. The number of rotatable bonds is 2. The molecule has 1 aromatic heterocycles. The number of carbonyl (C=O) groups is 2. The average molecular weight is 499 g/mol. The molecule has 2 aliphatic carbocycles. The first-order chi connectivity index (χ1) is 16.0. The molecule has 1 unspecified atom stereocenters. The summed E-state index contributed by atoms with van der Waals surface area (Å²) in [5.41, 5.74) is 3.92. The van der Waals surface area contributed by atoms with Crippen LogP contribution in [0.1, 0.15) is 78.9 Å². The minimum absolute atomic E-state index is 0.0678. The molecule has 0 radical (unpaired) electrons. The summed E-state index contributed by atoms with van der Waals surface area (Å²) in [4.78, 5) is 29.8. The fourth-order valence-electron chi connectivity index (χ4n) is 5.46. The number of benzene rings is 1. The minimum Gasteiger partial charge on any atom is -0.294 e. The van der Waals surface area contributed by atoms with Crippen molar-refractivity contribution in [1.82, 2.24) is 0 Å². The molecule has 1 aromatic carbocycles. The third-order valence-corrected chi connectivity index (χ3v) is 8.82. The lowest BCUT2D eigenvalue weighted by Gasteiger charge is -2.38. The summed E-state index contributed by atoms with van der Waals surface area (Å²) in [5, 5.41) is 11.8. The number of hydrogen-bond donors (Lipinski definition) is 0. The van der Waals surface area contributed by atoms with Crippen molar-refractivity contribution >= 4 is 51.2 Å². The van der Waals surface area contributed by atoms with Crippen molar-refractivity contribution in [1.29, 1.82) is 5.26 Å². The number of nitrogens with zero attached hydrogens (tertiary/aromatic N) is 2. The molecule has 1 amide bonds. The van der Waals surface area contributed by atoms with Gasteiger partial charge in [0.2, 0.25) is 5.91 Å². The normalized spacial score (nSPS) is 21.2. The van der Waals surface area contributed by atoms with Gasteiger partial charge in [-0.1, -0.05) is 42.1 Å². The molecule has 1 aliphatic heterocycles. The van der Waals surface area contributed by atoms with Gasteiger partial charge in [-0.15, -0.1) is 11.3 Å². The molecule has 170 valence electrons. The van der Waals surface area contributed by atoms with Gasteiger partial charge >= 0.3 is 0 Å². The highest BCUT2D eigenvalue weighted by Crippen LogP contribution is 2.48. The Morgan fingerprint density at radius 2 is 1.79 bits per heavy atom. The molecule has 0 saturated heterocycles. The van der Waals surface area contributed by atoms with Crippen LogP contribution in [0.25, 0.3) is 0 Å². The van der Waals surface area contributed by atoms with E-state index >= 15 is 0 Å². The summed E-state index contributed by atoms with van der Waals surface area (Å²) in [6, 6.07) is 7.64. The molecule has 0 bridgehead atoms. The number of halogens is 2. The number of fused-ring (bicyclic) bond motifs is 1. The van der Waals surface area contributed by atoms with Crippen LogP contribution in [-0.4, -0.2) is 11.7 Å². The van der Waals surface area contributed by atoms with Gasteiger partial charge in [0.15, 0.2) is 5.78 Å². The van der Waals surface area contributed by atoms with Gasteiger partial charge in [0.25, 0.3) is 0 Å². The quantitative estimate of drug-likeness (QED) is 0.442. The van der Waals surface area contributed by atoms with E-state index in [9.17, 15) is 14.9 Å². The zero-order valence-corrected chi connectivity index (χ0v) is 20.6. The highest BCUT2D eigenvalue weighted by molar-refractivity contribution is 7.16. The van der Waals surface area contributed by atoms with Gasteiger partial charge in [-0.2, -0.15) is 5.26 Å². The standard InChI is InChI=1S/C26H24Cl2N2O2S/c27-15-10-11-16(20(28)12-15)18-13-24(32)30(21-7-5-8-22(31)25(18)21)26-19(14-29)17-6-3-1-2-4-9-23(17)33-26/h10-12,18H,1-9,13H2. The zero-order valence-electron chi connectivity index (χ0n) is 18.3. The number of Topliss-reactive ketones (excluding diaryl/α,β-unsaturated/α-hetero) is 1. The van der Waals surface area contributed by atoms with E-state index in [0.29, 0.717) is 45.4 Å². The van der Waals surface area contributed by atoms with E-state index in [2.05, 4.69) is 6.07 Å². The van der Waals surface area contributed by atoms with E-state index < -0.39 is 0 Å². The number of ketones is 1. The zero-order chi connectivity index (χ0) is 23.1. The molecule has 0 spiro atoms. The first-order valence-corrected chi connectivity index (χ1v) is 13.2. The SMILES string of the molecule is N#Cc1c(N2C(=O)CC(c3ccc(Cl)cc3Cl)C3=C2CCCC3=O)sc2c1CCCCCC2. The van der Waals surface area contributed by atoms with Crippen molar-refractivity contribution in [2.24, 2.45) is 0 Å². The molecule has 2 aromatic rings. The summed E-state index contributed by atoms with van der Waals surface area (Å²) >= 11 is 14.2. The third kappa shape index (κ3) is 4.03. The molecular weight excluding hydrogens is 475 g/mol. The Morgan fingerprint density at radius 1 is 1.00 bits per heavy atom. The summed E-state index contributed by atoms with van der Waals surface area (Å²) in [6.45, 7) is 0. The Hall–Kier alpha value is -2.13. The lowest BCUT2D eigenvalue weighted by molar-refractivity contribution is -0.119. The second-order valence-electron chi connectivity index (χ2n) is 9.00. The number of anilines is 1. The lowest BCUT2D eigenvalue weighted by atomic mass is 9.77. The molecule has 7 heteroatoms. The maximum Gasteiger partial charge on any atom is 0.232 e. The van der Waals surface area contributed by atoms with Gasteiger partial charge in [-0.05, 0) is 61.8 Å². The van der Waals surface area contributed by atoms with E-state index in [1.54, 1.807) is 28.4 Å². The molecule has 33 heavy (non-hydrogen) atoms. The van der Waals surface area contributed by atoms with Crippen molar-refractivity contribution < 1.29 is 9.59 Å². The van der Waals surface area contributed by atoms with Crippen LogP contribution in [0.2, 0.25) is 10.0 Å². The Labute approximate surface area is 207 Å². The molecule has 0 N–H and O–H groups in total. The van der Waals surface area contributed by atoms with Crippen molar-refractivity contribution in [3.63, 3.8) is 0 Å². The van der Waals surface area contributed by atoms with Crippen LogP contribution in [0.15, 0.2) is 29.5 Å². The number of thiophene rings is 1. The van der Waals surface area contributed by atoms with Gasteiger partial charge in [0, 0.05) is 45.0 Å². The maximum atomic E-state index is 13.6.